The van der Waals surface area contributed by atoms with Gasteiger partial charge >= 0.3 is 0 Å². The quantitative estimate of drug-likeness (QED) is 0.686. The van der Waals surface area contributed by atoms with Crippen LogP contribution in [0.4, 0.5) is 0 Å². The summed E-state index contributed by atoms with van der Waals surface area (Å²) in [5.74, 6) is -0.463. The zero-order valence-corrected chi connectivity index (χ0v) is 14.1. The summed E-state index contributed by atoms with van der Waals surface area (Å²) in [5, 5.41) is 8.33. The van der Waals surface area contributed by atoms with Crippen molar-refractivity contribution in [1.29, 1.82) is 0 Å². The molecule has 3 N–H and O–H groups in total. The van der Waals surface area contributed by atoms with Crippen molar-refractivity contribution in [2.45, 2.75) is 71.9 Å². The molecule has 0 bridgehead atoms. The molecule has 6 heteroatoms. The Bertz CT molecular complexity index is 409. The maximum atomic E-state index is 12.0. The topological polar surface area (TPSA) is 87.3 Å². The maximum absolute atomic E-state index is 12.0. The van der Waals surface area contributed by atoms with Gasteiger partial charge in [-0.2, -0.15) is 0 Å². The predicted octanol–water partition coefficient (Wildman–Crippen LogP) is 1.10. The van der Waals surface area contributed by atoms with Crippen molar-refractivity contribution in [2.75, 3.05) is 6.54 Å². The highest BCUT2D eigenvalue weighted by atomic mass is 16.2. The maximum Gasteiger partial charge on any atom is 0.242 e. The normalized spacial score (nSPS) is 16.9. The zero-order valence-electron chi connectivity index (χ0n) is 14.1. The number of hydrogen-bond acceptors (Lipinski definition) is 3. The number of amides is 3. The minimum absolute atomic E-state index is 0.0904. The van der Waals surface area contributed by atoms with Gasteiger partial charge in [0.05, 0.1) is 0 Å². The van der Waals surface area contributed by atoms with Gasteiger partial charge in [0.1, 0.15) is 6.04 Å². The van der Waals surface area contributed by atoms with E-state index in [1.807, 2.05) is 20.8 Å². The fourth-order valence-corrected chi connectivity index (χ4v) is 2.33. The summed E-state index contributed by atoms with van der Waals surface area (Å²) in [4.78, 5) is 35.4. The molecule has 0 saturated heterocycles. The molecule has 0 spiro atoms. The molecule has 1 rings (SSSR count). The van der Waals surface area contributed by atoms with Crippen LogP contribution in [-0.4, -0.2) is 36.3 Å². The molecule has 22 heavy (non-hydrogen) atoms. The van der Waals surface area contributed by atoms with E-state index in [1.54, 1.807) is 6.92 Å². The summed E-state index contributed by atoms with van der Waals surface area (Å²) in [5.41, 5.74) is -0.467. The molecule has 0 aromatic rings. The molecule has 0 aromatic carbocycles. The van der Waals surface area contributed by atoms with Gasteiger partial charge in [0, 0.05) is 24.4 Å². The standard InChI is InChI=1S/C16H29N3O3/c1-11(14(21)19-12-7-5-6-8-12)18-13(20)9-10-17-15(22)16(2,3)4/h11-12H,5-10H2,1-4H3,(H,17,22)(H,18,20)(H,19,21). The Balaban J connectivity index is 2.23. The minimum Gasteiger partial charge on any atom is -0.355 e. The monoisotopic (exact) mass is 311 g/mol. The van der Waals surface area contributed by atoms with Crippen LogP contribution in [-0.2, 0) is 14.4 Å². The summed E-state index contributed by atoms with van der Waals surface area (Å²) >= 11 is 0. The van der Waals surface area contributed by atoms with Crippen LogP contribution in [0.1, 0.15) is 59.8 Å². The Morgan fingerprint density at radius 1 is 1.14 bits per heavy atom. The van der Waals surface area contributed by atoms with Gasteiger partial charge in [-0.3, -0.25) is 14.4 Å². The first-order chi connectivity index (χ1) is 10.2. The molecule has 1 unspecified atom stereocenters. The van der Waals surface area contributed by atoms with Crippen molar-refractivity contribution in [2.24, 2.45) is 5.41 Å². The molecule has 3 amide bonds. The van der Waals surface area contributed by atoms with Gasteiger partial charge in [0.25, 0.3) is 0 Å². The highest BCUT2D eigenvalue weighted by molar-refractivity contribution is 5.88. The molecule has 0 aromatic heterocycles. The average Bonchev–Trinajstić information content (AvgIpc) is 2.90. The molecule has 1 atom stereocenters. The molecular formula is C16H29N3O3. The lowest BCUT2D eigenvalue weighted by atomic mass is 9.96. The van der Waals surface area contributed by atoms with Crippen LogP contribution in [0.3, 0.4) is 0 Å². The van der Waals surface area contributed by atoms with Gasteiger partial charge in [-0.15, -0.1) is 0 Å². The molecule has 0 radical (unpaired) electrons. The van der Waals surface area contributed by atoms with E-state index in [0.717, 1.165) is 25.7 Å². The molecular weight excluding hydrogens is 282 g/mol. The minimum atomic E-state index is -0.550. The Hall–Kier alpha value is -1.59. The van der Waals surface area contributed by atoms with Crippen LogP contribution in [0.2, 0.25) is 0 Å². The van der Waals surface area contributed by atoms with Crippen molar-refractivity contribution >= 4 is 17.7 Å². The summed E-state index contributed by atoms with van der Waals surface area (Å²) < 4.78 is 0. The van der Waals surface area contributed by atoms with Crippen molar-refractivity contribution in [3.8, 4) is 0 Å². The predicted molar refractivity (Wildman–Crippen MR) is 85.1 cm³/mol. The van der Waals surface area contributed by atoms with Crippen molar-refractivity contribution in [3.63, 3.8) is 0 Å². The molecule has 1 aliphatic carbocycles. The lowest BCUT2D eigenvalue weighted by Crippen LogP contribution is -2.48. The third kappa shape index (κ3) is 6.45. The second kappa shape index (κ2) is 8.15. The van der Waals surface area contributed by atoms with Crippen LogP contribution in [0.15, 0.2) is 0 Å². The van der Waals surface area contributed by atoms with Crippen LogP contribution >= 0.6 is 0 Å². The second-order valence-corrected chi connectivity index (χ2v) is 7.04. The molecule has 1 saturated carbocycles. The molecule has 6 nitrogen and oxygen atoms in total. The van der Waals surface area contributed by atoms with E-state index >= 15 is 0 Å². The summed E-state index contributed by atoms with van der Waals surface area (Å²) in [6, 6.07) is -0.302. The summed E-state index contributed by atoms with van der Waals surface area (Å²) in [6.45, 7) is 7.41. The first kappa shape index (κ1) is 18.5. The molecule has 0 heterocycles. The van der Waals surface area contributed by atoms with Gasteiger partial charge in [-0.05, 0) is 19.8 Å². The van der Waals surface area contributed by atoms with Gasteiger partial charge in [-0.25, -0.2) is 0 Å². The van der Waals surface area contributed by atoms with E-state index in [9.17, 15) is 14.4 Å². The fraction of sp³-hybridized carbons (Fsp3) is 0.812. The lowest BCUT2D eigenvalue weighted by Gasteiger charge is -2.19. The Morgan fingerprint density at radius 2 is 1.73 bits per heavy atom. The van der Waals surface area contributed by atoms with Crippen LogP contribution in [0, 0.1) is 5.41 Å². The van der Waals surface area contributed by atoms with E-state index in [-0.39, 0.29) is 36.7 Å². The van der Waals surface area contributed by atoms with Crippen molar-refractivity contribution < 1.29 is 14.4 Å². The molecule has 1 aliphatic rings. The van der Waals surface area contributed by atoms with E-state index in [4.69, 9.17) is 0 Å². The lowest BCUT2D eigenvalue weighted by molar-refractivity contribution is -0.130. The summed E-state index contributed by atoms with van der Waals surface area (Å²) in [6.07, 6.45) is 4.51. The largest absolute Gasteiger partial charge is 0.355 e. The zero-order chi connectivity index (χ0) is 16.8. The highest BCUT2D eigenvalue weighted by Crippen LogP contribution is 2.17. The number of hydrogen-bond donors (Lipinski definition) is 3. The number of nitrogens with one attached hydrogen (secondary N) is 3. The first-order valence-electron chi connectivity index (χ1n) is 8.08. The van der Waals surface area contributed by atoms with E-state index in [0.29, 0.717) is 0 Å². The van der Waals surface area contributed by atoms with Gasteiger partial charge in [-0.1, -0.05) is 33.6 Å². The highest BCUT2D eigenvalue weighted by Gasteiger charge is 2.23. The Labute approximate surface area is 132 Å². The smallest absolute Gasteiger partial charge is 0.242 e. The van der Waals surface area contributed by atoms with E-state index < -0.39 is 11.5 Å². The molecule has 126 valence electrons. The van der Waals surface area contributed by atoms with Crippen LogP contribution in [0.25, 0.3) is 0 Å². The van der Waals surface area contributed by atoms with Crippen molar-refractivity contribution in [1.82, 2.24) is 16.0 Å². The van der Waals surface area contributed by atoms with Gasteiger partial charge in [0.2, 0.25) is 17.7 Å². The van der Waals surface area contributed by atoms with Crippen LogP contribution < -0.4 is 16.0 Å². The average molecular weight is 311 g/mol. The van der Waals surface area contributed by atoms with E-state index in [2.05, 4.69) is 16.0 Å². The van der Waals surface area contributed by atoms with E-state index in [1.165, 1.54) is 0 Å². The SMILES string of the molecule is CC(NC(=O)CCNC(=O)C(C)(C)C)C(=O)NC1CCCC1. The first-order valence-corrected chi connectivity index (χ1v) is 8.08. The van der Waals surface area contributed by atoms with Gasteiger partial charge < -0.3 is 16.0 Å². The number of carbonyl (C=O) groups excluding carboxylic acids is 3. The number of carbonyl (C=O) groups is 3. The van der Waals surface area contributed by atoms with Gasteiger partial charge in [0.15, 0.2) is 0 Å². The number of rotatable bonds is 6. The molecule has 1 fully saturated rings. The second-order valence-electron chi connectivity index (χ2n) is 7.04. The molecule has 0 aliphatic heterocycles. The Morgan fingerprint density at radius 3 is 2.27 bits per heavy atom. The van der Waals surface area contributed by atoms with Crippen LogP contribution in [0.5, 0.6) is 0 Å². The van der Waals surface area contributed by atoms with Crippen molar-refractivity contribution in [3.05, 3.63) is 0 Å². The summed E-state index contributed by atoms with van der Waals surface area (Å²) in [7, 11) is 0. The Kier molecular flexibility index (Phi) is 6.84. The third-order valence-electron chi connectivity index (χ3n) is 3.79. The fourth-order valence-electron chi connectivity index (χ4n) is 2.33. The third-order valence-corrected chi connectivity index (χ3v) is 3.79.